The molecular weight excluding hydrogens is 436 g/mol. The van der Waals surface area contributed by atoms with Gasteiger partial charge in [0.05, 0.1) is 18.9 Å². The third-order valence-electron chi connectivity index (χ3n) is 6.77. The zero-order chi connectivity index (χ0) is 25.8. The van der Waals surface area contributed by atoms with Gasteiger partial charge >= 0.3 is 11.9 Å². The van der Waals surface area contributed by atoms with Gasteiger partial charge in [-0.2, -0.15) is 0 Å². The van der Waals surface area contributed by atoms with E-state index >= 15 is 0 Å². The second kappa shape index (κ2) is 27.3. The van der Waals surface area contributed by atoms with Crippen molar-refractivity contribution in [1.29, 1.82) is 0 Å². The van der Waals surface area contributed by atoms with Gasteiger partial charge in [-0.15, -0.1) is 0 Å². The van der Waals surface area contributed by atoms with E-state index in [4.69, 9.17) is 9.84 Å². The molecule has 0 aliphatic carbocycles. The Balaban J connectivity index is 3.42. The third-order valence-corrected chi connectivity index (χ3v) is 6.77. The van der Waals surface area contributed by atoms with Crippen molar-refractivity contribution in [3.8, 4) is 0 Å². The van der Waals surface area contributed by atoms with Crippen molar-refractivity contribution in [1.82, 2.24) is 0 Å². The summed E-state index contributed by atoms with van der Waals surface area (Å²) in [6.07, 6.45) is 32.1. The number of aliphatic carboxylic acids is 1. The van der Waals surface area contributed by atoms with Crippen molar-refractivity contribution in [3.63, 3.8) is 0 Å². The van der Waals surface area contributed by atoms with Crippen LogP contribution < -0.4 is 0 Å². The normalized spacial score (nSPS) is 12.3. The van der Waals surface area contributed by atoms with Crippen LogP contribution in [0.15, 0.2) is 12.2 Å². The minimum absolute atomic E-state index is 0.114. The van der Waals surface area contributed by atoms with Crippen LogP contribution >= 0.6 is 0 Å². The van der Waals surface area contributed by atoms with Crippen LogP contribution in [-0.4, -0.2) is 23.7 Å². The molecule has 0 amide bonds. The first-order valence-corrected chi connectivity index (χ1v) is 15.1. The predicted octanol–water partition coefficient (Wildman–Crippen LogP) is 9.80. The van der Waals surface area contributed by atoms with E-state index < -0.39 is 11.9 Å². The summed E-state index contributed by atoms with van der Waals surface area (Å²) in [6.45, 7) is 4.60. The van der Waals surface area contributed by atoms with Crippen LogP contribution in [0.2, 0.25) is 0 Å². The summed E-state index contributed by atoms with van der Waals surface area (Å²) < 4.78 is 5.15. The van der Waals surface area contributed by atoms with Gasteiger partial charge in [0, 0.05) is 0 Å². The summed E-state index contributed by atoms with van der Waals surface area (Å²) in [5, 5.41) is 9.02. The second-order valence-corrected chi connectivity index (χ2v) is 10.3. The van der Waals surface area contributed by atoms with E-state index in [1.54, 1.807) is 0 Å². The highest BCUT2D eigenvalue weighted by atomic mass is 16.5. The number of carbonyl (C=O) groups excluding carboxylic acids is 1. The summed E-state index contributed by atoms with van der Waals surface area (Å²) in [4.78, 5) is 23.0. The Morgan fingerprint density at radius 1 is 0.629 bits per heavy atom. The Kier molecular flexibility index (Phi) is 26.2. The quantitative estimate of drug-likeness (QED) is 0.0701. The van der Waals surface area contributed by atoms with Gasteiger partial charge in [0.2, 0.25) is 0 Å². The van der Waals surface area contributed by atoms with Crippen LogP contribution in [0.3, 0.4) is 0 Å². The van der Waals surface area contributed by atoms with Crippen molar-refractivity contribution in [2.24, 2.45) is 5.92 Å². The molecule has 0 saturated heterocycles. The van der Waals surface area contributed by atoms with E-state index in [2.05, 4.69) is 19.1 Å². The van der Waals surface area contributed by atoms with Crippen molar-refractivity contribution >= 4 is 11.9 Å². The molecule has 4 heteroatoms. The van der Waals surface area contributed by atoms with Gasteiger partial charge in [-0.1, -0.05) is 129 Å². The van der Waals surface area contributed by atoms with E-state index in [9.17, 15) is 9.59 Å². The lowest BCUT2D eigenvalue weighted by atomic mass is 9.97. The highest BCUT2D eigenvalue weighted by Crippen LogP contribution is 2.18. The first kappa shape index (κ1) is 33.7. The number of carboxylic acids is 1. The average molecular weight is 495 g/mol. The van der Waals surface area contributed by atoms with Gasteiger partial charge in [-0.05, 0) is 38.5 Å². The number of carbonyl (C=O) groups is 2. The summed E-state index contributed by atoms with van der Waals surface area (Å²) in [7, 11) is 0. The van der Waals surface area contributed by atoms with Crippen LogP contribution in [0.4, 0.5) is 0 Å². The molecule has 35 heavy (non-hydrogen) atoms. The summed E-state index contributed by atoms with van der Waals surface area (Å²) in [5.41, 5.74) is 0. The summed E-state index contributed by atoms with van der Waals surface area (Å²) in [6, 6.07) is 0. The highest BCUT2D eigenvalue weighted by Gasteiger charge is 2.22. The van der Waals surface area contributed by atoms with Gasteiger partial charge in [0.15, 0.2) is 0 Å². The number of rotatable bonds is 27. The van der Waals surface area contributed by atoms with Gasteiger partial charge < -0.3 is 9.84 Å². The first-order valence-electron chi connectivity index (χ1n) is 15.1. The lowest BCUT2D eigenvalue weighted by Crippen LogP contribution is -2.21. The van der Waals surface area contributed by atoms with Crippen LogP contribution in [0.1, 0.15) is 162 Å². The number of hydrogen-bond acceptors (Lipinski definition) is 3. The third kappa shape index (κ3) is 25.6. The van der Waals surface area contributed by atoms with E-state index in [-0.39, 0.29) is 12.4 Å². The molecule has 0 spiro atoms. The van der Waals surface area contributed by atoms with E-state index in [1.165, 1.54) is 116 Å². The number of carboxylic acid groups (broad SMARTS) is 1. The molecule has 0 saturated carbocycles. The fourth-order valence-electron chi connectivity index (χ4n) is 4.53. The van der Waals surface area contributed by atoms with E-state index in [0.29, 0.717) is 13.0 Å². The largest absolute Gasteiger partial charge is 0.481 e. The number of ether oxygens (including phenoxy) is 1. The van der Waals surface area contributed by atoms with Crippen LogP contribution in [0, 0.1) is 5.92 Å². The van der Waals surface area contributed by atoms with Gasteiger partial charge in [-0.25, -0.2) is 0 Å². The summed E-state index contributed by atoms with van der Waals surface area (Å²) in [5.74, 6) is -1.75. The fourth-order valence-corrected chi connectivity index (χ4v) is 4.53. The number of allylic oxidation sites excluding steroid dienone is 2. The van der Waals surface area contributed by atoms with Gasteiger partial charge in [0.25, 0.3) is 0 Å². The van der Waals surface area contributed by atoms with Crippen molar-refractivity contribution in [2.75, 3.05) is 6.61 Å². The molecule has 1 N–H and O–H groups in total. The maximum atomic E-state index is 12.0. The molecule has 0 radical (unpaired) electrons. The molecule has 0 aromatic rings. The molecule has 1 atom stereocenters. The summed E-state index contributed by atoms with van der Waals surface area (Å²) >= 11 is 0. The topological polar surface area (TPSA) is 63.6 Å². The maximum absolute atomic E-state index is 12.0. The lowest BCUT2D eigenvalue weighted by molar-refractivity contribution is -0.153. The molecule has 0 aromatic carbocycles. The van der Waals surface area contributed by atoms with Crippen LogP contribution in [0.5, 0.6) is 0 Å². The molecule has 206 valence electrons. The van der Waals surface area contributed by atoms with Gasteiger partial charge in [0.1, 0.15) is 0 Å². The Bertz CT molecular complexity index is 500. The lowest BCUT2D eigenvalue weighted by Gasteiger charge is -2.13. The predicted molar refractivity (Wildman–Crippen MR) is 149 cm³/mol. The first-order chi connectivity index (χ1) is 17.1. The minimum atomic E-state index is -0.919. The van der Waals surface area contributed by atoms with Crippen LogP contribution in [-0.2, 0) is 14.3 Å². The molecule has 1 unspecified atom stereocenters. The number of esters is 1. The Hall–Kier alpha value is -1.32. The minimum Gasteiger partial charge on any atom is -0.481 e. The molecule has 0 aliphatic heterocycles. The maximum Gasteiger partial charge on any atom is 0.309 e. The van der Waals surface area contributed by atoms with Crippen molar-refractivity contribution < 1.29 is 19.4 Å². The zero-order valence-electron chi connectivity index (χ0n) is 23.4. The molecule has 0 fully saturated rings. The molecule has 0 bridgehead atoms. The molecular formula is C31H58O4. The molecule has 0 heterocycles. The monoisotopic (exact) mass is 494 g/mol. The average Bonchev–Trinajstić information content (AvgIpc) is 2.84. The smallest absolute Gasteiger partial charge is 0.309 e. The highest BCUT2D eigenvalue weighted by molar-refractivity contribution is 5.79. The zero-order valence-corrected chi connectivity index (χ0v) is 23.4. The SMILES string of the molecule is CCCCCCCCCCC/C=C/CCCCCCCCCCCC(CC(=O)O)C(=O)OCCC. The Labute approximate surface area is 217 Å². The number of hydrogen-bond donors (Lipinski definition) is 1. The fraction of sp³-hybridized carbons (Fsp3) is 0.871. The number of unbranched alkanes of at least 4 members (excludes halogenated alkanes) is 18. The molecule has 0 rings (SSSR count). The Morgan fingerprint density at radius 3 is 1.49 bits per heavy atom. The van der Waals surface area contributed by atoms with E-state index in [0.717, 1.165) is 19.3 Å². The Morgan fingerprint density at radius 2 is 1.06 bits per heavy atom. The molecule has 0 aliphatic rings. The molecule has 4 nitrogen and oxygen atoms in total. The van der Waals surface area contributed by atoms with E-state index in [1.807, 2.05) is 6.92 Å². The second-order valence-electron chi connectivity index (χ2n) is 10.3. The van der Waals surface area contributed by atoms with Crippen molar-refractivity contribution in [3.05, 3.63) is 12.2 Å². The van der Waals surface area contributed by atoms with Crippen LogP contribution in [0.25, 0.3) is 0 Å². The van der Waals surface area contributed by atoms with Gasteiger partial charge in [-0.3, -0.25) is 9.59 Å². The standard InChI is InChI=1S/C31H58O4/c1-3-5-6-7-8-9-10-11-12-13-14-15-16-17-18-19-20-21-22-23-24-25-26-29(28-30(32)33)31(34)35-27-4-2/h14-15,29H,3-13,16-28H2,1-2H3,(H,32,33)/b15-14+. The molecule has 0 aromatic heterocycles. The van der Waals surface area contributed by atoms with Crippen molar-refractivity contribution in [2.45, 2.75) is 162 Å².